The Morgan fingerprint density at radius 3 is 2.90 bits per heavy atom. The van der Waals surface area contributed by atoms with Gasteiger partial charge in [0.25, 0.3) is 5.91 Å². The summed E-state index contributed by atoms with van der Waals surface area (Å²) in [6, 6.07) is 1.89. The van der Waals surface area contributed by atoms with E-state index in [1.165, 1.54) is 0 Å². The van der Waals surface area contributed by atoms with Gasteiger partial charge >= 0.3 is 0 Å². The zero-order chi connectivity index (χ0) is 14.0. The van der Waals surface area contributed by atoms with E-state index in [0.29, 0.717) is 19.7 Å². The van der Waals surface area contributed by atoms with Crippen molar-refractivity contribution in [2.45, 2.75) is 31.4 Å². The number of rotatable bonds is 2. The number of aromatic nitrogens is 2. The fraction of sp³-hybridized carbons (Fsp3) is 0.714. The van der Waals surface area contributed by atoms with Crippen molar-refractivity contribution in [3.63, 3.8) is 0 Å². The maximum absolute atomic E-state index is 13.1. The smallest absolute Gasteiger partial charge is 0.250 e. The molecular weight excluding hydrogens is 256 g/mol. The van der Waals surface area contributed by atoms with E-state index in [9.17, 15) is 4.79 Å². The first-order valence-corrected chi connectivity index (χ1v) is 7.34. The van der Waals surface area contributed by atoms with Crippen LogP contribution in [0.5, 0.6) is 0 Å². The molecule has 2 fully saturated rings. The number of piperidine rings is 1. The number of nitrogens with zero attached hydrogens (tertiary/aromatic N) is 3. The SMILES string of the molecule is CC1CN(C(=O)C2(n3cccn3)CCNCC2)CCO1. The third-order valence-corrected chi connectivity index (χ3v) is 4.30. The van der Waals surface area contributed by atoms with E-state index in [0.717, 1.165) is 25.9 Å². The number of carbonyl (C=O) groups excluding carboxylic acids is 1. The molecule has 6 nitrogen and oxygen atoms in total. The molecule has 0 spiro atoms. The van der Waals surface area contributed by atoms with Crippen molar-refractivity contribution in [1.29, 1.82) is 0 Å². The van der Waals surface area contributed by atoms with E-state index < -0.39 is 5.54 Å². The van der Waals surface area contributed by atoms with Crippen LogP contribution in [-0.4, -0.2) is 59.5 Å². The zero-order valence-corrected chi connectivity index (χ0v) is 11.9. The van der Waals surface area contributed by atoms with Gasteiger partial charge in [0.2, 0.25) is 0 Å². The van der Waals surface area contributed by atoms with Crippen molar-refractivity contribution in [1.82, 2.24) is 20.0 Å². The highest BCUT2D eigenvalue weighted by Gasteiger charge is 2.45. The summed E-state index contributed by atoms with van der Waals surface area (Å²) in [6.45, 7) is 5.70. The second-order valence-corrected chi connectivity index (χ2v) is 5.66. The van der Waals surface area contributed by atoms with Gasteiger partial charge < -0.3 is 15.0 Å². The summed E-state index contributed by atoms with van der Waals surface area (Å²) >= 11 is 0. The van der Waals surface area contributed by atoms with Gasteiger partial charge in [-0.3, -0.25) is 9.48 Å². The molecule has 0 aromatic carbocycles. The molecule has 20 heavy (non-hydrogen) atoms. The third-order valence-electron chi connectivity index (χ3n) is 4.30. The van der Waals surface area contributed by atoms with Crippen LogP contribution in [0.2, 0.25) is 0 Å². The van der Waals surface area contributed by atoms with E-state index in [2.05, 4.69) is 10.4 Å². The monoisotopic (exact) mass is 278 g/mol. The van der Waals surface area contributed by atoms with Gasteiger partial charge in [0, 0.05) is 25.5 Å². The molecule has 110 valence electrons. The van der Waals surface area contributed by atoms with Gasteiger partial charge in [0.15, 0.2) is 0 Å². The van der Waals surface area contributed by atoms with Gasteiger partial charge in [-0.1, -0.05) is 0 Å². The van der Waals surface area contributed by atoms with Crippen LogP contribution in [-0.2, 0) is 15.1 Å². The first kappa shape index (κ1) is 13.6. The van der Waals surface area contributed by atoms with E-state index in [1.807, 2.05) is 28.8 Å². The molecule has 0 aliphatic carbocycles. The molecule has 0 saturated carbocycles. The second-order valence-electron chi connectivity index (χ2n) is 5.66. The topological polar surface area (TPSA) is 59.4 Å². The van der Waals surface area contributed by atoms with Crippen LogP contribution < -0.4 is 5.32 Å². The van der Waals surface area contributed by atoms with Crippen LogP contribution in [0.25, 0.3) is 0 Å². The van der Waals surface area contributed by atoms with Crippen molar-refractivity contribution < 1.29 is 9.53 Å². The molecule has 1 amide bonds. The lowest BCUT2D eigenvalue weighted by molar-refractivity contribution is -0.150. The second kappa shape index (κ2) is 5.54. The fourth-order valence-electron chi connectivity index (χ4n) is 3.20. The van der Waals surface area contributed by atoms with Crippen LogP contribution in [0, 0.1) is 0 Å². The number of morpholine rings is 1. The lowest BCUT2D eigenvalue weighted by atomic mass is 9.86. The summed E-state index contributed by atoms with van der Waals surface area (Å²) in [5, 5.41) is 7.69. The Kier molecular flexibility index (Phi) is 3.76. The Morgan fingerprint density at radius 2 is 2.25 bits per heavy atom. The van der Waals surface area contributed by atoms with Crippen LogP contribution >= 0.6 is 0 Å². The predicted molar refractivity (Wildman–Crippen MR) is 74.3 cm³/mol. The summed E-state index contributed by atoms with van der Waals surface area (Å²) in [7, 11) is 0. The van der Waals surface area contributed by atoms with Gasteiger partial charge in [-0.15, -0.1) is 0 Å². The molecule has 1 atom stereocenters. The molecule has 1 unspecified atom stereocenters. The molecule has 2 aliphatic heterocycles. The molecule has 0 bridgehead atoms. The quantitative estimate of drug-likeness (QED) is 0.840. The van der Waals surface area contributed by atoms with E-state index in [-0.39, 0.29) is 12.0 Å². The lowest BCUT2D eigenvalue weighted by Crippen LogP contribution is -2.58. The van der Waals surface area contributed by atoms with Crippen LogP contribution in [0.3, 0.4) is 0 Å². The Labute approximate surface area is 119 Å². The lowest BCUT2D eigenvalue weighted by Gasteiger charge is -2.42. The number of hydrogen-bond acceptors (Lipinski definition) is 4. The molecule has 3 rings (SSSR count). The molecule has 2 aliphatic rings. The summed E-state index contributed by atoms with van der Waals surface area (Å²) in [5.74, 6) is 0.192. The fourth-order valence-corrected chi connectivity index (χ4v) is 3.20. The van der Waals surface area contributed by atoms with Crippen molar-refractivity contribution in [3.05, 3.63) is 18.5 Å². The minimum Gasteiger partial charge on any atom is -0.375 e. The molecule has 1 aromatic rings. The zero-order valence-electron chi connectivity index (χ0n) is 11.9. The minimum atomic E-state index is -0.522. The summed E-state index contributed by atoms with van der Waals surface area (Å²) in [6.07, 6.45) is 5.36. The van der Waals surface area contributed by atoms with Crippen LogP contribution in [0.4, 0.5) is 0 Å². The molecule has 0 radical (unpaired) electrons. The molecule has 6 heteroatoms. The molecule has 1 aromatic heterocycles. The van der Waals surface area contributed by atoms with Gasteiger partial charge in [0.1, 0.15) is 5.54 Å². The maximum Gasteiger partial charge on any atom is 0.250 e. The number of ether oxygens (including phenoxy) is 1. The summed E-state index contributed by atoms with van der Waals surface area (Å²) in [4.78, 5) is 15.0. The van der Waals surface area contributed by atoms with E-state index >= 15 is 0 Å². The minimum absolute atomic E-state index is 0.115. The molecule has 3 heterocycles. The predicted octanol–water partition coefficient (Wildman–Crippen LogP) is 0.209. The Morgan fingerprint density at radius 1 is 1.45 bits per heavy atom. The highest BCUT2D eigenvalue weighted by molar-refractivity contribution is 5.84. The van der Waals surface area contributed by atoms with Gasteiger partial charge in [-0.25, -0.2) is 0 Å². The van der Waals surface area contributed by atoms with E-state index in [4.69, 9.17) is 4.74 Å². The average Bonchev–Trinajstić information content (AvgIpc) is 3.02. The number of nitrogens with one attached hydrogen (secondary N) is 1. The molecular formula is C14H22N4O2. The highest BCUT2D eigenvalue weighted by Crippen LogP contribution is 2.30. The number of hydrogen-bond donors (Lipinski definition) is 1. The van der Waals surface area contributed by atoms with Gasteiger partial charge in [-0.2, -0.15) is 5.10 Å². The standard InChI is InChI=1S/C14H22N4O2/c1-12-11-17(9-10-20-12)13(19)14(3-6-15-7-4-14)18-8-2-5-16-18/h2,5,8,12,15H,3-4,6-7,9-11H2,1H3. The summed E-state index contributed by atoms with van der Waals surface area (Å²) < 4.78 is 7.40. The van der Waals surface area contributed by atoms with E-state index in [1.54, 1.807) is 6.20 Å². The van der Waals surface area contributed by atoms with Crippen LogP contribution in [0.15, 0.2) is 18.5 Å². The normalized spacial score (nSPS) is 26.4. The van der Waals surface area contributed by atoms with Crippen LogP contribution in [0.1, 0.15) is 19.8 Å². The van der Waals surface area contributed by atoms with Crippen molar-refractivity contribution in [2.24, 2.45) is 0 Å². The average molecular weight is 278 g/mol. The van der Waals surface area contributed by atoms with Crippen molar-refractivity contribution in [2.75, 3.05) is 32.8 Å². The first-order valence-electron chi connectivity index (χ1n) is 7.34. The first-order chi connectivity index (χ1) is 9.72. The van der Waals surface area contributed by atoms with Gasteiger partial charge in [-0.05, 0) is 38.9 Å². The van der Waals surface area contributed by atoms with Crippen molar-refractivity contribution >= 4 is 5.91 Å². The Balaban J connectivity index is 1.87. The van der Waals surface area contributed by atoms with Gasteiger partial charge in [0.05, 0.1) is 12.7 Å². The van der Waals surface area contributed by atoms with Crippen molar-refractivity contribution in [3.8, 4) is 0 Å². The third kappa shape index (κ3) is 2.33. The summed E-state index contributed by atoms with van der Waals surface area (Å²) in [5.41, 5.74) is -0.522. The number of carbonyl (C=O) groups is 1. The molecule has 1 N–H and O–H groups in total. The number of amides is 1. The maximum atomic E-state index is 13.1. The Hall–Kier alpha value is -1.40. The highest BCUT2D eigenvalue weighted by atomic mass is 16.5. The Bertz CT molecular complexity index is 454. The molecule has 2 saturated heterocycles. The largest absolute Gasteiger partial charge is 0.375 e.